The molecule has 1 saturated carbocycles. The maximum Gasteiger partial charge on any atom is 0.186 e. The molecule has 8 heteroatoms. The summed E-state index contributed by atoms with van der Waals surface area (Å²) in [5.41, 5.74) is 9.75. The van der Waals surface area contributed by atoms with E-state index in [9.17, 15) is 5.11 Å². The van der Waals surface area contributed by atoms with Crippen molar-refractivity contribution in [2.75, 3.05) is 36.0 Å². The van der Waals surface area contributed by atoms with Crippen molar-refractivity contribution in [3.8, 4) is 21.7 Å². The molecule has 1 aliphatic heterocycles. The number of rotatable bonds is 5. The van der Waals surface area contributed by atoms with Crippen LogP contribution < -0.4 is 15.5 Å². The SMILES string of the molecule is C[C@]1(O)C[C@](N)(c2ccc(-c3nc(N4CCN(c5cnccn5)CC4)sc3-c3ccccc3)cc2)C1. The van der Waals surface area contributed by atoms with Crippen LogP contribution in [-0.2, 0) is 5.54 Å². The molecule has 7 nitrogen and oxygen atoms in total. The molecule has 36 heavy (non-hydrogen) atoms. The molecule has 1 saturated heterocycles. The third-order valence-electron chi connectivity index (χ3n) is 7.20. The predicted octanol–water partition coefficient (Wildman–Crippen LogP) is 4.29. The summed E-state index contributed by atoms with van der Waals surface area (Å²) in [5.74, 6) is 0.924. The van der Waals surface area contributed by atoms with Crippen molar-refractivity contribution in [2.24, 2.45) is 5.73 Å². The number of thiazole rings is 1. The topological polar surface area (TPSA) is 91.4 Å². The number of aromatic nitrogens is 3. The quantitative estimate of drug-likeness (QED) is 0.424. The van der Waals surface area contributed by atoms with Crippen LogP contribution in [0.4, 0.5) is 10.9 Å². The maximum atomic E-state index is 10.2. The van der Waals surface area contributed by atoms with Crippen molar-refractivity contribution >= 4 is 22.3 Å². The van der Waals surface area contributed by atoms with E-state index in [1.54, 1.807) is 23.7 Å². The van der Waals surface area contributed by atoms with Crippen LogP contribution in [0.1, 0.15) is 25.3 Å². The molecule has 0 spiro atoms. The van der Waals surface area contributed by atoms with E-state index in [1.807, 2.05) is 19.2 Å². The van der Waals surface area contributed by atoms with Crippen LogP contribution in [0.3, 0.4) is 0 Å². The molecule has 2 fully saturated rings. The number of aliphatic hydroxyl groups is 1. The minimum atomic E-state index is -0.672. The second-order valence-electron chi connectivity index (χ2n) is 10.2. The molecule has 2 aliphatic rings. The van der Waals surface area contributed by atoms with Crippen LogP contribution >= 0.6 is 11.3 Å². The number of nitrogens with zero attached hydrogens (tertiary/aromatic N) is 5. The largest absolute Gasteiger partial charge is 0.390 e. The Morgan fingerprint density at radius 1 is 0.889 bits per heavy atom. The van der Waals surface area contributed by atoms with Gasteiger partial charge in [0.25, 0.3) is 0 Å². The molecule has 3 heterocycles. The number of nitrogens with two attached hydrogens (primary N) is 1. The fourth-order valence-electron chi connectivity index (χ4n) is 5.48. The van der Waals surface area contributed by atoms with Crippen molar-refractivity contribution in [3.63, 3.8) is 0 Å². The fraction of sp³-hybridized carbons (Fsp3) is 0.321. The van der Waals surface area contributed by atoms with Crippen LogP contribution in [-0.4, -0.2) is 51.8 Å². The van der Waals surface area contributed by atoms with Gasteiger partial charge >= 0.3 is 0 Å². The van der Waals surface area contributed by atoms with Crippen molar-refractivity contribution in [3.05, 3.63) is 78.8 Å². The number of benzene rings is 2. The molecule has 1 aliphatic carbocycles. The highest BCUT2D eigenvalue weighted by molar-refractivity contribution is 7.19. The molecule has 0 amide bonds. The molecule has 6 rings (SSSR count). The summed E-state index contributed by atoms with van der Waals surface area (Å²) in [4.78, 5) is 19.6. The summed E-state index contributed by atoms with van der Waals surface area (Å²) >= 11 is 1.75. The monoisotopic (exact) mass is 498 g/mol. The smallest absolute Gasteiger partial charge is 0.186 e. The number of anilines is 2. The van der Waals surface area contributed by atoms with E-state index in [4.69, 9.17) is 10.7 Å². The zero-order valence-corrected chi connectivity index (χ0v) is 21.2. The van der Waals surface area contributed by atoms with Gasteiger partial charge in [0.2, 0.25) is 0 Å². The lowest BCUT2D eigenvalue weighted by Gasteiger charge is -2.49. The van der Waals surface area contributed by atoms with Gasteiger partial charge in [-0.2, -0.15) is 0 Å². The molecule has 2 aromatic heterocycles. The first-order valence-corrected chi connectivity index (χ1v) is 13.2. The van der Waals surface area contributed by atoms with Gasteiger partial charge in [-0.1, -0.05) is 65.9 Å². The standard InChI is InChI=1S/C28H30N6OS/c1-27(35)18-28(29,19-27)22-9-7-20(8-10-22)24-25(21-5-3-2-4-6-21)36-26(32-24)34-15-13-33(14-16-34)23-17-30-11-12-31-23/h2-12,17,35H,13-16,18-19,29H2,1H3/t27-,28+. The molecule has 0 radical (unpaired) electrons. The lowest BCUT2D eigenvalue weighted by atomic mass is 9.63. The Kier molecular flexibility index (Phi) is 5.75. The zero-order chi connectivity index (χ0) is 24.8. The first-order chi connectivity index (χ1) is 17.4. The Labute approximate surface area is 215 Å². The first kappa shape index (κ1) is 23.1. The van der Waals surface area contributed by atoms with E-state index in [0.717, 1.165) is 53.9 Å². The van der Waals surface area contributed by atoms with Gasteiger partial charge in [-0.05, 0) is 30.9 Å². The second-order valence-corrected chi connectivity index (χ2v) is 11.1. The molecule has 0 bridgehead atoms. The van der Waals surface area contributed by atoms with Crippen LogP contribution in [0.25, 0.3) is 21.7 Å². The van der Waals surface area contributed by atoms with E-state index >= 15 is 0 Å². The van der Waals surface area contributed by atoms with Gasteiger partial charge in [0, 0.05) is 49.7 Å². The minimum absolute atomic E-state index is 0.458. The van der Waals surface area contributed by atoms with E-state index in [1.165, 1.54) is 10.4 Å². The van der Waals surface area contributed by atoms with E-state index < -0.39 is 11.1 Å². The summed E-state index contributed by atoms with van der Waals surface area (Å²) in [7, 11) is 0. The van der Waals surface area contributed by atoms with E-state index in [-0.39, 0.29) is 0 Å². The highest BCUT2D eigenvalue weighted by Crippen LogP contribution is 2.47. The van der Waals surface area contributed by atoms with Gasteiger partial charge in [0.1, 0.15) is 5.82 Å². The third kappa shape index (κ3) is 4.36. The normalized spacial score (nSPS) is 24.0. The third-order valence-corrected chi connectivity index (χ3v) is 8.37. The first-order valence-electron chi connectivity index (χ1n) is 12.3. The lowest BCUT2D eigenvalue weighted by Crippen LogP contribution is -2.58. The molecule has 3 N–H and O–H groups in total. The molecule has 2 aromatic carbocycles. The maximum absolute atomic E-state index is 10.2. The summed E-state index contributed by atoms with van der Waals surface area (Å²) in [5, 5.41) is 11.2. The van der Waals surface area contributed by atoms with Gasteiger partial charge in [-0.15, -0.1) is 0 Å². The van der Waals surface area contributed by atoms with Crippen LogP contribution in [0.2, 0.25) is 0 Å². The average molecular weight is 499 g/mol. The Hall–Kier alpha value is -3.33. The number of hydrogen-bond donors (Lipinski definition) is 2. The lowest BCUT2D eigenvalue weighted by molar-refractivity contribution is -0.0738. The van der Waals surface area contributed by atoms with Crippen molar-refractivity contribution in [1.82, 2.24) is 15.0 Å². The van der Waals surface area contributed by atoms with E-state index in [0.29, 0.717) is 12.8 Å². The second kappa shape index (κ2) is 8.96. The number of hydrogen-bond acceptors (Lipinski definition) is 8. The molecular formula is C28H30N6OS. The van der Waals surface area contributed by atoms with E-state index in [2.05, 4.69) is 68.3 Å². The molecule has 184 valence electrons. The Morgan fingerprint density at radius 2 is 1.58 bits per heavy atom. The fourth-order valence-corrected chi connectivity index (χ4v) is 6.62. The zero-order valence-electron chi connectivity index (χ0n) is 20.3. The molecule has 0 unspecified atom stereocenters. The number of piperazine rings is 1. The summed E-state index contributed by atoms with van der Waals surface area (Å²) in [6, 6.07) is 18.9. The predicted molar refractivity (Wildman–Crippen MR) is 145 cm³/mol. The van der Waals surface area contributed by atoms with Crippen molar-refractivity contribution < 1.29 is 5.11 Å². The van der Waals surface area contributed by atoms with Gasteiger partial charge in [-0.25, -0.2) is 9.97 Å². The summed E-state index contributed by atoms with van der Waals surface area (Å²) < 4.78 is 0. The molecule has 4 aromatic rings. The highest BCUT2D eigenvalue weighted by Gasteiger charge is 2.49. The van der Waals surface area contributed by atoms with Gasteiger partial charge < -0.3 is 20.6 Å². The van der Waals surface area contributed by atoms with Gasteiger partial charge in [-0.3, -0.25) is 4.98 Å². The van der Waals surface area contributed by atoms with Crippen LogP contribution in [0.5, 0.6) is 0 Å². The Morgan fingerprint density at radius 3 is 2.22 bits per heavy atom. The summed E-state index contributed by atoms with van der Waals surface area (Å²) in [6.45, 7) is 5.37. The molecule has 0 atom stereocenters. The minimum Gasteiger partial charge on any atom is -0.390 e. The summed E-state index contributed by atoms with van der Waals surface area (Å²) in [6.07, 6.45) is 6.43. The highest BCUT2D eigenvalue weighted by atomic mass is 32.1. The Balaban J connectivity index is 1.28. The van der Waals surface area contributed by atoms with Gasteiger partial charge in [0.15, 0.2) is 5.13 Å². The van der Waals surface area contributed by atoms with Gasteiger partial charge in [0.05, 0.1) is 22.4 Å². The van der Waals surface area contributed by atoms with Crippen LogP contribution in [0, 0.1) is 0 Å². The average Bonchev–Trinajstić information content (AvgIpc) is 3.34. The Bertz CT molecular complexity index is 1320. The molecular weight excluding hydrogens is 468 g/mol. The van der Waals surface area contributed by atoms with Crippen LogP contribution in [0.15, 0.2) is 73.2 Å². The van der Waals surface area contributed by atoms with Crippen molar-refractivity contribution in [2.45, 2.75) is 30.9 Å². The van der Waals surface area contributed by atoms with Crippen molar-refractivity contribution in [1.29, 1.82) is 0 Å².